The number of hydrazine groups is 1. The number of anilines is 1. The first-order chi connectivity index (χ1) is 9.49. The van der Waals surface area contributed by atoms with Gasteiger partial charge in [-0.1, -0.05) is 0 Å². The van der Waals surface area contributed by atoms with Crippen LogP contribution in [0.1, 0.15) is 17.4 Å². The van der Waals surface area contributed by atoms with Gasteiger partial charge in [-0.15, -0.1) is 0 Å². The third kappa shape index (κ3) is 2.22. The topological polar surface area (TPSA) is 133 Å². The number of H-pyrrole nitrogens is 1. The fraction of sp³-hybridized carbons (Fsp3) is 0.300. The van der Waals surface area contributed by atoms with Crippen molar-refractivity contribution < 1.29 is 24.7 Å². The summed E-state index contributed by atoms with van der Waals surface area (Å²) in [5.74, 6) is -0.760. The minimum atomic E-state index is -0.819. The van der Waals surface area contributed by atoms with Crippen molar-refractivity contribution in [2.45, 2.75) is 6.92 Å². The summed E-state index contributed by atoms with van der Waals surface area (Å²) in [6, 6.07) is 0. The largest absolute Gasteiger partial charge is 0.733 e. The van der Waals surface area contributed by atoms with Crippen molar-refractivity contribution in [3.05, 3.63) is 21.5 Å². The number of nitrogens with one attached hydrogen (secondary N) is 2. The molecule has 0 aromatic carbocycles. The van der Waals surface area contributed by atoms with Crippen molar-refractivity contribution in [1.29, 1.82) is 0 Å². The molecule has 0 saturated heterocycles. The highest BCUT2D eigenvalue weighted by atomic mass is 16.8. The lowest BCUT2D eigenvalue weighted by molar-refractivity contribution is -0.0611. The SMILES string of the molecule is CCOC(=O)c1[nH]c2c(c1N([O-])O)=CN(O)NC=2OC. The maximum absolute atomic E-state index is 11.8. The zero-order valence-electron chi connectivity index (χ0n) is 10.7. The number of esters is 1. The van der Waals surface area contributed by atoms with Crippen molar-refractivity contribution in [1.82, 2.24) is 15.6 Å². The van der Waals surface area contributed by atoms with E-state index in [9.17, 15) is 20.4 Å². The van der Waals surface area contributed by atoms with Crippen LogP contribution in [0.2, 0.25) is 0 Å². The molecule has 10 nitrogen and oxygen atoms in total. The van der Waals surface area contributed by atoms with Gasteiger partial charge < -0.3 is 24.9 Å². The smallest absolute Gasteiger partial charge is 0.357 e. The van der Waals surface area contributed by atoms with Crippen LogP contribution in [0.5, 0.6) is 0 Å². The second-order valence-corrected chi connectivity index (χ2v) is 3.75. The number of rotatable bonds is 4. The molecule has 0 bridgehead atoms. The molecule has 2 rings (SSSR count). The van der Waals surface area contributed by atoms with Crippen LogP contribution < -0.4 is 21.2 Å². The summed E-state index contributed by atoms with van der Waals surface area (Å²) < 4.78 is 9.76. The molecule has 0 radical (unpaired) electrons. The number of carbonyl (C=O) groups excluding carboxylic acids is 1. The Labute approximate surface area is 112 Å². The number of hydrogen-bond acceptors (Lipinski definition) is 9. The fourth-order valence-corrected chi connectivity index (χ4v) is 1.82. The summed E-state index contributed by atoms with van der Waals surface area (Å²) >= 11 is 0. The van der Waals surface area contributed by atoms with Crippen LogP contribution in [0.3, 0.4) is 0 Å². The normalized spacial score (nSPS) is 13.2. The Kier molecular flexibility index (Phi) is 3.70. The number of ether oxygens (including phenoxy) is 2. The van der Waals surface area contributed by atoms with Crippen LogP contribution >= 0.6 is 0 Å². The Morgan fingerprint density at radius 1 is 1.60 bits per heavy atom. The van der Waals surface area contributed by atoms with Gasteiger partial charge in [0.2, 0.25) is 5.88 Å². The minimum absolute atomic E-state index is 0.0589. The molecule has 0 spiro atoms. The van der Waals surface area contributed by atoms with Crippen LogP contribution in [0.4, 0.5) is 5.69 Å². The zero-order valence-corrected chi connectivity index (χ0v) is 10.7. The van der Waals surface area contributed by atoms with Gasteiger partial charge in [0.15, 0.2) is 5.69 Å². The Bertz CT molecular complexity index is 637. The van der Waals surface area contributed by atoms with Crippen molar-refractivity contribution in [2.24, 2.45) is 0 Å². The number of nitrogens with zero attached hydrogens (tertiary/aromatic N) is 2. The lowest BCUT2D eigenvalue weighted by Gasteiger charge is -2.23. The number of hydrogen-bond donors (Lipinski definition) is 4. The van der Waals surface area contributed by atoms with Crippen molar-refractivity contribution >= 4 is 23.7 Å². The monoisotopic (exact) mass is 285 g/mol. The molecule has 0 saturated carbocycles. The van der Waals surface area contributed by atoms with E-state index >= 15 is 0 Å². The van der Waals surface area contributed by atoms with Crippen molar-refractivity contribution in [3.63, 3.8) is 0 Å². The quantitative estimate of drug-likeness (QED) is 0.387. The van der Waals surface area contributed by atoms with E-state index < -0.39 is 11.2 Å². The maximum atomic E-state index is 11.8. The number of aromatic amines is 1. The number of carbonyl (C=O) groups is 1. The van der Waals surface area contributed by atoms with Gasteiger partial charge in [-0.05, 0) is 6.92 Å². The molecule has 10 heteroatoms. The van der Waals surface area contributed by atoms with E-state index in [0.717, 1.165) is 6.20 Å². The third-order valence-electron chi connectivity index (χ3n) is 2.58. The molecular weight excluding hydrogens is 272 g/mol. The van der Waals surface area contributed by atoms with Crippen LogP contribution in [-0.4, -0.2) is 40.3 Å². The molecule has 0 unspecified atom stereocenters. The van der Waals surface area contributed by atoms with Crippen molar-refractivity contribution in [2.75, 3.05) is 18.9 Å². The lowest BCUT2D eigenvalue weighted by Crippen LogP contribution is -2.45. The van der Waals surface area contributed by atoms with Crippen LogP contribution in [0.25, 0.3) is 12.1 Å². The number of fused-ring (bicyclic) bond motifs is 1. The van der Waals surface area contributed by atoms with E-state index in [1.165, 1.54) is 7.11 Å². The molecule has 1 aliphatic rings. The molecule has 20 heavy (non-hydrogen) atoms. The van der Waals surface area contributed by atoms with E-state index in [0.29, 0.717) is 5.17 Å². The van der Waals surface area contributed by atoms with Gasteiger partial charge >= 0.3 is 5.97 Å². The number of hydroxylamine groups is 1. The summed E-state index contributed by atoms with van der Waals surface area (Å²) in [5.41, 5.74) is 1.78. The summed E-state index contributed by atoms with van der Waals surface area (Å²) in [5, 5.41) is 30.2. The molecule has 1 aliphatic heterocycles. The molecule has 0 atom stereocenters. The molecule has 2 heterocycles. The third-order valence-corrected chi connectivity index (χ3v) is 2.58. The second kappa shape index (κ2) is 5.28. The first-order valence-electron chi connectivity index (χ1n) is 5.59. The van der Waals surface area contributed by atoms with Gasteiger partial charge in [0.1, 0.15) is 5.35 Å². The van der Waals surface area contributed by atoms with Gasteiger partial charge in [-0.2, -0.15) is 5.17 Å². The predicted molar refractivity (Wildman–Crippen MR) is 65.3 cm³/mol. The first-order valence-corrected chi connectivity index (χ1v) is 5.59. The Hall–Kier alpha value is -2.43. The van der Waals surface area contributed by atoms with Gasteiger partial charge in [0.05, 0.1) is 30.8 Å². The van der Waals surface area contributed by atoms with Crippen LogP contribution in [0, 0.1) is 5.21 Å². The maximum Gasteiger partial charge on any atom is 0.357 e. The fourth-order valence-electron chi connectivity index (χ4n) is 1.82. The van der Waals surface area contributed by atoms with Crippen molar-refractivity contribution in [3.8, 4) is 0 Å². The van der Waals surface area contributed by atoms with E-state index in [2.05, 4.69) is 10.4 Å². The van der Waals surface area contributed by atoms with E-state index in [4.69, 9.17) is 9.47 Å². The van der Waals surface area contributed by atoms with E-state index in [-0.39, 0.29) is 34.4 Å². The molecule has 4 N–H and O–H groups in total. The highest BCUT2D eigenvalue weighted by Crippen LogP contribution is 2.13. The number of aromatic nitrogens is 1. The predicted octanol–water partition coefficient (Wildman–Crippen LogP) is -1.46. The Morgan fingerprint density at radius 3 is 2.85 bits per heavy atom. The molecule has 1 aromatic rings. The molecule has 110 valence electrons. The minimum Gasteiger partial charge on any atom is -0.733 e. The molecular formula is C10H13N4O6-. The van der Waals surface area contributed by atoms with E-state index in [1.807, 2.05) is 0 Å². The molecule has 0 amide bonds. The Morgan fingerprint density at radius 2 is 2.30 bits per heavy atom. The van der Waals surface area contributed by atoms with Gasteiger partial charge in [-0.25, -0.2) is 10.2 Å². The number of methoxy groups -OCH3 is 1. The lowest BCUT2D eigenvalue weighted by atomic mass is 10.3. The van der Waals surface area contributed by atoms with Gasteiger partial charge in [-0.3, -0.25) is 10.4 Å². The van der Waals surface area contributed by atoms with Gasteiger partial charge in [0, 0.05) is 0 Å². The summed E-state index contributed by atoms with van der Waals surface area (Å²) in [7, 11) is 1.32. The van der Waals surface area contributed by atoms with Crippen LogP contribution in [-0.2, 0) is 9.47 Å². The summed E-state index contributed by atoms with van der Waals surface area (Å²) in [6.07, 6.45) is 1.09. The summed E-state index contributed by atoms with van der Waals surface area (Å²) in [4.78, 5) is 14.4. The molecule has 0 fully saturated rings. The van der Waals surface area contributed by atoms with E-state index in [1.54, 1.807) is 6.92 Å². The highest BCUT2D eigenvalue weighted by Gasteiger charge is 2.23. The zero-order chi connectivity index (χ0) is 14.9. The Balaban J connectivity index is 2.74. The molecule has 0 aliphatic carbocycles. The average molecular weight is 285 g/mol. The summed E-state index contributed by atoms with van der Waals surface area (Å²) in [6.45, 7) is 1.70. The molecule has 1 aromatic heterocycles. The van der Waals surface area contributed by atoms with Gasteiger partial charge in [0.25, 0.3) is 0 Å². The second-order valence-electron chi connectivity index (χ2n) is 3.75. The standard InChI is InChI=1S/C10H13N4O6/c1-3-20-10(15)7-8(14(17)18)5-4-13(16)12-9(19-2)6(5)11-7/h4,11-12,16-17H,3H2,1-2H3/q-1. The average Bonchev–Trinajstić information content (AvgIpc) is 2.77. The highest BCUT2D eigenvalue weighted by molar-refractivity contribution is 5.94. The van der Waals surface area contributed by atoms with Crippen LogP contribution in [0.15, 0.2) is 0 Å². The first kappa shape index (κ1) is 14.0.